The Bertz CT molecular complexity index is 197. The number of aliphatic hydroxyl groups excluding tert-OH is 1. The fourth-order valence-corrected chi connectivity index (χ4v) is 0.697. The molecule has 0 heterocycles. The third-order valence-electron chi connectivity index (χ3n) is 1.46. The predicted molar refractivity (Wildman–Crippen MR) is 48.7 cm³/mol. The van der Waals surface area contributed by atoms with Gasteiger partial charge >= 0.3 is 12.0 Å². The number of hydrogen-bond donors (Lipinski definition) is 5. The Morgan fingerprint density at radius 1 is 1.29 bits per heavy atom. The normalized spacial score (nSPS) is 11.9. The molecular formula is C7H15N3O4. The first-order valence-electron chi connectivity index (χ1n) is 4.19. The highest BCUT2D eigenvalue weighted by Gasteiger charge is 2.10. The number of aliphatic carboxylic acids is 1. The molecule has 0 bridgehead atoms. The minimum atomic E-state index is -1.09. The van der Waals surface area contributed by atoms with E-state index in [-0.39, 0.29) is 26.1 Å². The molecule has 7 nitrogen and oxygen atoms in total. The summed E-state index contributed by atoms with van der Waals surface area (Å²) < 4.78 is 0. The summed E-state index contributed by atoms with van der Waals surface area (Å²) in [6, 6.07) is -1.41. The van der Waals surface area contributed by atoms with Crippen LogP contribution in [0.15, 0.2) is 0 Å². The highest BCUT2D eigenvalue weighted by molar-refractivity contribution is 5.74. The maximum absolute atomic E-state index is 10.8. The number of aliphatic hydroxyl groups is 1. The van der Waals surface area contributed by atoms with Gasteiger partial charge in [-0.3, -0.25) is 4.79 Å². The molecule has 0 unspecified atom stereocenters. The van der Waals surface area contributed by atoms with Gasteiger partial charge < -0.3 is 26.6 Å². The quantitative estimate of drug-likeness (QED) is 0.345. The molecular weight excluding hydrogens is 190 g/mol. The minimum Gasteiger partial charge on any atom is -0.480 e. The fraction of sp³-hybridized carbons (Fsp3) is 0.714. The third-order valence-corrected chi connectivity index (χ3v) is 1.46. The van der Waals surface area contributed by atoms with Gasteiger partial charge in [-0.05, 0) is 6.42 Å². The van der Waals surface area contributed by atoms with E-state index in [4.69, 9.17) is 15.9 Å². The van der Waals surface area contributed by atoms with E-state index in [1.54, 1.807) is 0 Å². The van der Waals surface area contributed by atoms with Gasteiger partial charge in [0.25, 0.3) is 0 Å². The van der Waals surface area contributed by atoms with Crippen LogP contribution in [0.3, 0.4) is 0 Å². The zero-order valence-electron chi connectivity index (χ0n) is 7.69. The number of carbonyl (C=O) groups excluding carboxylic acids is 1. The van der Waals surface area contributed by atoms with Crippen LogP contribution in [0.2, 0.25) is 0 Å². The van der Waals surface area contributed by atoms with E-state index < -0.39 is 18.0 Å². The van der Waals surface area contributed by atoms with E-state index in [0.29, 0.717) is 0 Å². The third kappa shape index (κ3) is 6.21. The number of hydrogen-bond acceptors (Lipinski definition) is 4. The first-order chi connectivity index (χ1) is 6.57. The van der Waals surface area contributed by atoms with Gasteiger partial charge in [-0.15, -0.1) is 0 Å². The second-order valence-corrected chi connectivity index (χ2v) is 2.64. The molecule has 0 aliphatic heterocycles. The van der Waals surface area contributed by atoms with Gasteiger partial charge in [-0.2, -0.15) is 0 Å². The van der Waals surface area contributed by atoms with E-state index in [2.05, 4.69) is 10.6 Å². The lowest BCUT2D eigenvalue weighted by Crippen LogP contribution is -2.40. The van der Waals surface area contributed by atoms with Crippen LogP contribution in [0, 0.1) is 0 Å². The Hall–Kier alpha value is -1.34. The SMILES string of the molecule is N[C@@H](CCNC(=O)NCCO)C(=O)O. The first-order valence-corrected chi connectivity index (χ1v) is 4.19. The molecule has 0 radical (unpaired) electrons. The smallest absolute Gasteiger partial charge is 0.320 e. The number of nitrogens with one attached hydrogen (secondary N) is 2. The lowest BCUT2D eigenvalue weighted by Gasteiger charge is -2.08. The van der Waals surface area contributed by atoms with Crippen LogP contribution < -0.4 is 16.4 Å². The second kappa shape index (κ2) is 7.10. The maximum Gasteiger partial charge on any atom is 0.320 e. The fourth-order valence-electron chi connectivity index (χ4n) is 0.697. The van der Waals surface area contributed by atoms with Crippen molar-refractivity contribution in [3.63, 3.8) is 0 Å². The number of carboxylic acids is 1. The molecule has 1 atom stereocenters. The molecule has 0 aliphatic carbocycles. The van der Waals surface area contributed by atoms with Crippen molar-refractivity contribution in [1.29, 1.82) is 0 Å². The summed E-state index contributed by atoms with van der Waals surface area (Å²) in [5.74, 6) is -1.09. The van der Waals surface area contributed by atoms with Crippen LogP contribution in [0.5, 0.6) is 0 Å². The predicted octanol–water partition coefficient (Wildman–Crippen LogP) is -1.92. The average Bonchev–Trinajstić information content (AvgIpc) is 2.14. The van der Waals surface area contributed by atoms with Crippen molar-refractivity contribution >= 4 is 12.0 Å². The monoisotopic (exact) mass is 205 g/mol. The van der Waals surface area contributed by atoms with Crippen molar-refractivity contribution in [1.82, 2.24) is 10.6 Å². The number of urea groups is 1. The molecule has 0 aromatic rings. The molecule has 0 aromatic heterocycles. The molecule has 0 aliphatic rings. The lowest BCUT2D eigenvalue weighted by molar-refractivity contribution is -0.138. The van der Waals surface area contributed by atoms with E-state index in [1.165, 1.54) is 0 Å². The molecule has 0 rings (SSSR count). The molecule has 14 heavy (non-hydrogen) atoms. The van der Waals surface area contributed by atoms with E-state index in [0.717, 1.165) is 0 Å². The topological polar surface area (TPSA) is 125 Å². The Labute approximate surface area is 81.3 Å². The van der Waals surface area contributed by atoms with E-state index in [1.807, 2.05) is 0 Å². The van der Waals surface area contributed by atoms with Crippen LogP contribution >= 0.6 is 0 Å². The van der Waals surface area contributed by atoms with Gasteiger partial charge in [0.1, 0.15) is 6.04 Å². The summed E-state index contributed by atoms with van der Waals surface area (Å²) >= 11 is 0. The lowest BCUT2D eigenvalue weighted by atomic mass is 10.2. The van der Waals surface area contributed by atoms with Crippen molar-refractivity contribution in [3.8, 4) is 0 Å². The highest BCUT2D eigenvalue weighted by Crippen LogP contribution is 1.85. The largest absolute Gasteiger partial charge is 0.480 e. The zero-order valence-corrected chi connectivity index (χ0v) is 7.69. The van der Waals surface area contributed by atoms with Crippen LogP contribution in [0.25, 0.3) is 0 Å². The first kappa shape index (κ1) is 12.7. The van der Waals surface area contributed by atoms with Crippen LogP contribution in [-0.4, -0.2) is 48.0 Å². The summed E-state index contributed by atoms with van der Waals surface area (Å²) in [7, 11) is 0. The zero-order chi connectivity index (χ0) is 11.0. The Morgan fingerprint density at radius 2 is 1.86 bits per heavy atom. The van der Waals surface area contributed by atoms with Gasteiger partial charge in [-0.1, -0.05) is 0 Å². The standard InChI is InChI=1S/C7H15N3O4/c8-5(6(12)13)1-2-9-7(14)10-3-4-11/h5,11H,1-4,8H2,(H,12,13)(H2,9,10,14)/t5-/m0/s1. The molecule has 6 N–H and O–H groups in total. The summed E-state index contributed by atoms with van der Waals surface area (Å²) in [6.07, 6.45) is 0.169. The van der Waals surface area contributed by atoms with Gasteiger partial charge in [0.05, 0.1) is 6.61 Å². The van der Waals surface area contributed by atoms with E-state index >= 15 is 0 Å². The maximum atomic E-state index is 10.8. The van der Waals surface area contributed by atoms with Crippen LogP contribution in [0.1, 0.15) is 6.42 Å². The molecule has 0 saturated carbocycles. The molecule has 0 fully saturated rings. The van der Waals surface area contributed by atoms with Crippen molar-refractivity contribution in [3.05, 3.63) is 0 Å². The molecule has 82 valence electrons. The van der Waals surface area contributed by atoms with Crippen molar-refractivity contribution in [2.24, 2.45) is 5.73 Å². The highest BCUT2D eigenvalue weighted by atomic mass is 16.4. The summed E-state index contributed by atoms with van der Waals surface area (Å²) in [5.41, 5.74) is 5.19. The molecule has 0 saturated heterocycles. The molecule has 0 spiro atoms. The number of carboxylic acid groups (broad SMARTS) is 1. The Balaban J connectivity index is 3.44. The van der Waals surface area contributed by atoms with Gasteiger partial charge in [0.2, 0.25) is 0 Å². The summed E-state index contributed by atoms with van der Waals surface area (Å²) in [5, 5.41) is 21.5. The molecule has 0 aromatic carbocycles. The van der Waals surface area contributed by atoms with Gasteiger partial charge in [0.15, 0.2) is 0 Å². The Kier molecular flexibility index (Phi) is 6.42. The summed E-state index contributed by atoms with van der Waals surface area (Å²) in [6.45, 7) is 0.212. The van der Waals surface area contributed by atoms with Crippen LogP contribution in [0.4, 0.5) is 4.79 Å². The number of nitrogens with two attached hydrogens (primary N) is 1. The van der Waals surface area contributed by atoms with Crippen LogP contribution in [-0.2, 0) is 4.79 Å². The van der Waals surface area contributed by atoms with Crippen molar-refractivity contribution < 1.29 is 19.8 Å². The van der Waals surface area contributed by atoms with E-state index in [9.17, 15) is 9.59 Å². The minimum absolute atomic E-state index is 0.137. The van der Waals surface area contributed by atoms with Gasteiger partial charge in [0, 0.05) is 13.1 Å². The number of amides is 2. The van der Waals surface area contributed by atoms with Gasteiger partial charge in [-0.25, -0.2) is 4.79 Å². The Morgan fingerprint density at radius 3 is 2.36 bits per heavy atom. The number of rotatable bonds is 6. The second-order valence-electron chi connectivity index (χ2n) is 2.64. The summed E-state index contributed by atoms with van der Waals surface area (Å²) in [4.78, 5) is 21.1. The van der Waals surface area contributed by atoms with Crippen molar-refractivity contribution in [2.75, 3.05) is 19.7 Å². The molecule has 2 amide bonds. The average molecular weight is 205 g/mol. The molecule has 7 heteroatoms. The van der Waals surface area contributed by atoms with Crippen molar-refractivity contribution in [2.45, 2.75) is 12.5 Å². The number of carbonyl (C=O) groups is 2.